The van der Waals surface area contributed by atoms with Crippen LogP contribution in [-0.2, 0) is 24.1 Å². The van der Waals surface area contributed by atoms with Crippen LogP contribution in [0.5, 0.6) is 0 Å². The first-order valence-electron chi connectivity index (χ1n) is 5.12. The van der Waals surface area contributed by atoms with E-state index >= 15 is 0 Å². The van der Waals surface area contributed by atoms with Crippen molar-refractivity contribution in [3.8, 4) is 0 Å². The van der Waals surface area contributed by atoms with Gasteiger partial charge in [-0.1, -0.05) is 18.2 Å². The van der Waals surface area contributed by atoms with Gasteiger partial charge in [-0.25, -0.2) is 0 Å². The summed E-state index contributed by atoms with van der Waals surface area (Å²) in [5, 5.41) is 0. The van der Waals surface area contributed by atoms with E-state index in [2.05, 4.69) is 18.2 Å². The molecule has 2 nitrogen and oxygen atoms in total. The Balaban J connectivity index is 2.16. The van der Waals surface area contributed by atoms with Gasteiger partial charge in [0.1, 0.15) is 0 Å². The summed E-state index contributed by atoms with van der Waals surface area (Å²) in [6, 6.07) is 6.37. The van der Waals surface area contributed by atoms with Crippen LogP contribution in [0, 0.1) is 0 Å². The third kappa shape index (κ3) is 1.85. The molecule has 1 aromatic carbocycles. The zero-order valence-electron chi connectivity index (χ0n) is 8.25. The van der Waals surface area contributed by atoms with Crippen LogP contribution in [-0.4, -0.2) is 12.3 Å². The standard InChI is InChI=1S/C12H15NO/c13-8-12(14)7-9-4-5-10-2-1-3-11(10)6-9/h4-6H,1-3,7-8,13H2. The highest BCUT2D eigenvalue weighted by Crippen LogP contribution is 2.22. The number of fused-ring (bicyclic) bond motifs is 1. The Bertz CT molecular complexity index is 357. The van der Waals surface area contributed by atoms with Gasteiger partial charge in [0, 0.05) is 6.42 Å². The molecule has 2 N–H and O–H groups in total. The highest BCUT2D eigenvalue weighted by molar-refractivity contribution is 5.82. The number of aryl methyl sites for hydroxylation is 2. The van der Waals surface area contributed by atoms with Crippen LogP contribution in [0.25, 0.3) is 0 Å². The molecule has 2 heteroatoms. The van der Waals surface area contributed by atoms with Crippen LogP contribution in [0.15, 0.2) is 18.2 Å². The summed E-state index contributed by atoms with van der Waals surface area (Å²) in [4.78, 5) is 11.2. The number of hydrogen-bond acceptors (Lipinski definition) is 2. The summed E-state index contributed by atoms with van der Waals surface area (Å²) in [6.45, 7) is 0.150. The molecule has 0 unspecified atom stereocenters. The Kier molecular flexibility index (Phi) is 2.64. The van der Waals surface area contributed by atoms with E-state index in [4.69, 9.17) is 5.73 Å². The van der Waals surface area contributed by atoms with Gasteiger partial charge in [-0.05, 0) is 36.0 Å². The molecule has 1 aliphatic carbocycles. The van der Waals surface area contributed by atoms with Crippen LogP contribution < -0.4 is 5.73 Å². The summed E-state index contributed by atoms with van der Waals surface area (Å²) in [5.41, 5.74) is 9.27. The molecule has 1 aromatic rings. The molecule has 0 bridgehead atoms. The summed E-state index contributed by atoms with van der Waals surface area (Å²) in [7, 11) is 0. The van der Waals surface area contributed by atoms with Crippen molar-refractivity contribution in [2.45, 2.75) is 25.7 Å². The fraction of sp³-hybridized carbons (Fsp3) is 0.417. The molecule has 0 atom stereocenters. The van der Waals surface area contributed by atoms with Crippen molar-refractivity contribution in [3.05, 3.63) is 34.9 Å². The number of ketones is 1. The second kappa shape index (κ2) is 3.93. The van der Waals surface area contributed by atoms with Gasteiger partial charge in [-0.15, -0.1) is 0 Å². The quantitative estimate of drug-likeness (QED) is 0.777. The largest absolute Gasteiger partial charge is 0.324 e. The van der Waals surface area contributed by atoms with Gasteiger partial charge < -0.3 is 5.73 Å². The third-order valence-corrected chi connectivity index (χ3v) is 2.79. The zero-order valence-corrected chi connectivity index (χ0v) is 8.25. The SMILES string of the molecule is NCC(=O)Cc1ccc2c(c1)CCC2. The maximum absolute atomic E-state index is 11.2. The molecule has 0 saturated carbocycles. The van der Waals surface area contributed by atoms with Gasteiger partial charge in [0.25, 0.3) is 0 Å². The molecular weight excluding hydrogens is 174 g/mol. The minimum atomic E-state index is 0.114. The fourth-order valence-corrected chi connectivity index (χ4v) is 2.03. The van der Waals surface area contributed by atoms with E-state index in [0.717, 1.165) is 5.56 Å². The predicted molar refractivity (Wildman–Crippen MR) is 56.2 cm³/mol. The molecule has 2 rings (SSSR count). The Morgan fingerprint density at radius 3 is 2.86 bits per heavy atom. The molecule has 0 saturated heterocycles. The highest BCUT2D eigenvalue weighted by Gasteiger charge is 2.11. The van der Waals surface area contributed by atoms with Crippen molar-refractivity contribution >= 4 is 5.78 Å². The minimum absolute atomic E-state index is 0.114. The Labute approximate surface area is 84.1 Å². The smallest absolute Gasteiger partial charge is 0.150 e. The molecule has 14 heavy (non-hydrogen) atoms. The number of carbonyl (C=O) groups is 1. The number of rotatable bonds is 3. The number of carbonyl (C=O) groups excluding carboxylic acids is 1. The van der Waals surface area contributed by atoms with Gasteiger partial charge in [0.05, 0.1) is 6.54 Å². The minimum Gasteiger partial charge on any atom is -0.324 e. The first kappa shape index (κ1) is 9.41. The second-order valence-corrected chi connectivity index (χ2v) is 3.88. The lowest BCUT2D eigenvalue weighted by atomic mass is 10.0. The monoisotopic (exact) mass is 189 g/mol. The Hall–Kier alpha value is -1.15. The fourth-order valence-electron chi connectivity index (χ4n) is 2.03. The van der Waals surface area contributed by atoms with E-state index in [-0.39, 0.29) is 12.3 Å². The topological polar surface area (TPSA) is 43.1 Å². The maximum Gasteiger partial charge on any atom is 0.150 e. The molecule has 0 spiro atoms. The van der Waals surface area contributed by atoms with Crippen molar-refractivity contribution in [3.63, 3.8) is 0 Å². The van der Waals surface area contributed by atoms with E-state index in [1.807, 2.05) is 0 Å². The second-order valence-electron chi connectivity index (χ2n) is 3.88. The van der Waals surface area contributed by atoms with Crippen molar-refractivity contribution in [2.24, 2.45) is 5.73 Å². The predicted octanol–water partition coefficient (Wildman–Crippen LogP) is 1.25. The first-order chi connectivity index (χ1) is 6.79. The van der Waals surface area contributed by atoms with Crippen molar-refractivity contribution < 1.29 is 4.79 Å². The van der Waals surface area contributed by atoms with Crippen molar-refractivity contribution in [1.29, 1.82) is 0 Å². The molecule has 0 fully saturated rings. The average Bonchev–Trinajstić information content (AvgIpc) is 2.64. The molecule has 0 amide bonds. The van der Waals surface area contributed by atoms with Crippen molar-refractivity contribution in [2.75, 3.05) is 6.54 Å². The van der Waals surface area contributed by atoms with E-state index in [0.29, 0.717) is 6.42 Å². The van der Waals surface area contributed by atoms with Crippen LogP contribution in [0.1, 0.15) is 23.1 Å². The molecule has 0 heterocycles. The molecule has 0 aliphatic heterocycles. The molecule has 0 aromatic heterocycles. The van der Waals surface area contributed by atoms with Gasteiger partial charge >= 0.3 is 0 Å². The van der Waals surface area contributed by atoms with E-state index in [1.54, 1.807) is 0 Å². The molecule has 74 valence electrons. The molecule has 1 aliphatic rings. The van der Waals surface area contributed by atoms with Crippen LogP contribution in [0.4, 0.5) is 0 Å². The van der Waals surface area contributed by atoms with Gasteiger partial charge in [-0.2, -0.15) is 0 Å². The Morgan fingerprint density at radius 2 is 2.07 bits per heavy atom. The summed E-state index contributed by atoms with van der Waals surface area (Å²) in [5.74, 6) is 0.114. The average molecular weight is 189 g/mol. The Morgan fingerprint density at radius 1 is 1.29 bits per heavy atom. The van der Waals surface area contributed by atoms with Gasteiger partial charge in [0.2, 0.25) is 0 Å². The summed E-state index contributed by atoms with van der Waals surface area (Å²) >= 11 is 0. The van der Waals surface area contributed by atoms with E-state index < -0.39 is 0 Å². The van der Waals surface area contributed by atoms with Gasteiger partial charge in [-0.3, -0.25) is 4.79 Å². The number of Topliss-reactive ketones (excluding diaryl/α,β-unsaturated/α-hetero) is 1. The number of nitrogens with two attached hydrogens (primary N) is 1. The van der Waals surface area contributed by atoms with E-state index in [1.165, 1.54) is 30.4 Å². The van der Waals surface area contributed by atoms with Gasteiger partial charge in [0.15, 0.2) is 5.78 Å². The number of benzene rings is 1. The first-order valence-corrected chi connectivity index (χ1v) is 5.12. The zero-order chi connectivity index (χ0) is 9.97. The highest BCUT2D eigenvalue weighted by atomic mass is 16.1. The normalized spacial score (nSPS) is 14.1. The lowest BCUT2D eigenvalue weighted by Crippen LogP contribution is -2.15. The van der Waals surface area contributed by atoms with Crippen LogP contribution in [0.2, 0.25) is 0 Å². The lowest BCUT2D eigenvalue weighted by molar-refractivity contribution is -0.117. The van der Waals surface area contributed by atoms with E-state index in [9.17, 15) is 4.79 Å². The van der Waals surface area contributed by atoms with Crippen molar-refractivity contribution in [1.82, 2.24) is 0 Å². The number of hydrogen-bond donors (Lipinski definition) is 1. The maximum atomic E-state index is 11.2. The van der Waals surface area contributed by atoms with Crippen LogP contribution in [0.3, 0.4) is 0 Å². The third-order valence-electron chi connectivity index (χ3n) is 2.79. The molecular formula is C12H15NO. The summed E-state index contributed by atoms with van der Waals surface area (Å²) in [6.07, 6.45) is 4.10. The molecule has 0 radical (unpaired) electrons. The van der Waals surface area contributed by atoms with Crippen LogP contribution >= 0.6 is 0 Å². The lowest BCUT2D eigenvalue weighted by Gasteiger charge is -2.03. The summed E-state index contributed by atoms with van der Waals surface area (Å²) < 4.78 is 0.